The standard InChI is InChI=1S/C24H21NO8/c25-24(17(23(32)33)10-19(28)29)15-7-6-12-3-1-2-11-4-5-13(21(15)20(11)12)8-16(24)14(22(30)31)9-18(26)27/h1-8,14,16-17H,9-10,25H2,(H,26,27)(H,28,29)(H,30,31)(H,32,33). The van der Waals surface area contributed by atoms with E-state index in [1.165, 1.54) is 6.08 Å². The number of hydrogen-bond acceptors (Lipinski definition) is 5. The van der Waals surface area contributed by atoms with Gasteiger partial charge in [-0.05, 0) is 32.3 Å². The molecule has 33 heavy (non-hydrogen) atoms. The molecule has 0 bridgehead atoms. The Kier molecular flexibility index (Phi) is 5.29. The van der Waals surface area contributed by atoms with Gasteiger partial charge in [-0.15, -0.1) is 0 Å². The first-order chi connectivity index (χ1) is 15.6. The third-order valence-corrected chi connectivity index (χ3v) is 6.58. The highest BCUT2D eigenvalue weighted by Gasteiger charge is 2.53. The molecule has 4 atom stereocenters. The van der Waals surface area contributed by atoms with Crippen LogP contribution < -0.4 is 11.0 Å². The summed E-state index contributed by atoms with van der Waals surface area (Å²) in [6.07, 6.45) is -0.173. The Balaban J connectivity index is 2.13. The second-order valence-electron chi connectivity index (χ2n) is 8.38. The molecule has 4 rings (SSSR count). The van der Waals surface area contributed by atoms with E-state index in [0.29, 0.717) is 16.2 Å². The number of nitrogens with two attached hydrogens (primary N) is 1. The predicted molar refractivity (Wildman–Crippen MR) is 117 cm³/mol. The molecule has 0 radical (unpaired) electrons. The van der Waals surface area contributed by atoms with E-state index in [9.17, 15) is 39.6 Å². The normalized spacial score (nSPS) is 21.3. The lowest BCUT2D eigenvalue weighted by molar-refractivity contribution is -0.155. The number of rotatable bonds is 8. The van der Waals surface area contributed by atoms with E-state index in [-0.39, 0.29) is 0 Å². The predicted octanol–water partition coefficient (Wildman–Crippen LogP) is 1.63. The minimum Gasteiger partial charge on any atom is -0.481 e. The van der Waals surface area contributed by atoms with Gasteiger partial charge in [0.1, 0.15) is 0 Å². The summed E-state index contributed by atoms with van der Waals surface area (Å²) in [6.45, 7) is 0. The molecule has 6 N–H and O–H groups in total. The van der Waals surface area contributed by atoms with Crippen molar-refractivity contribution in [3.63, 3.8) is 0 Å². The summed E-state index contributed by atoms with van der Waals surface area (Å²) in [5, 5.41) is 42.3. The van der Waals surface area contributed by atoms with Crippen LogP contribution in [0, 0.1) is 17.8 Å². The number of carbonyl (C=O) groups is 4. The lowest BCUT2D eigenvalue weighted by atomic mass is 9.60. The van der Waals surface area contributed by atoms with E-state index in [1.54, 1.807) is 18.2 Å². The third-order valence-electron chi connectivity index (χ3n) is 6.58. The second-order valence-corrected chi connectivity index (χ2v) is 8.38. The average molecular weight is 451 g/mol. The van der Waals surface area contributed by atoms with Crippen LogP contribution in [0.4, 0.5) is 0 Å². The van der Waals surface area contributed by atoms with Gasteiger partial charge in [0.2, 0.25) is 0 Å². The maximum Gasteiger partial charge on any atom is 0.309 e. The van der Waals surface area contributed by atoms with Crippen LogP contribution in [0.15, 0.2) is 42.5 Å². The van der Waals surface area contributed by atoms with Gasteiger partial charge in [-0.3, -0.25) is 19.2 Å². The fourth-order valence-electron chi connectivity index (χ4n) is 5.18. The van der Waals surface area contributed by atoms with Crippen LogP contribution in [0.5, 0.6) is 0 Å². The van der Waals surface area contributed by atoms with Gasteiger partial charge in [0, 0.05) is 5.92 Å². The van der Waals surface area contributed by atoms with Gasteiger partial charge >= 0.3 is 23.9 Å². The molecule has 0 amide bonds. The first kappa shape index (κ1) is 22.2. The fourth-order valence-corrected chi connectivity index (χ4v) is 5.18. The first-order valence-corrected chi connectivity index (χ1v) is 10.2. The van der Waals surface area contributed by atoms with Crippen LogP contribution in [0.25, 0.3) is 27.6 Å². The molecule has 0 aliphatic heterocycles. The summed E-state index contributed by atoms with van der Waals surface area (Å²) < 4.78 is 0. The fraction of sp³-hybridized carbons (Fsp3) is 0.250. The van der Waals surface area contributed by atoms with Gasteiger partial charge in [-0.2, -0.15) is 0 Å². The smallest absolute Gasteiger partial charge is 0.309 e. The summed E-state index contributed by atoms with van der Waals surface area (Å²) in [4.78, 5) is 47.5. The van der Waals surface area contributed by atoms with Crippen molar-refractivity contribution in [2.24, 2.45) is 23.5 Å². The molecule has 0 aromatic heterocycles. The molecular formula is C24H21NO8. The van der Waals surface area contributed by atoms with E-state index in [0.717, 1.165) is 16.2 Å². The van der Waals surface area contributed by atoms with Crippen LogP contribution in [-0.4, -0.2) is 44.3 Å². The van der Waals surface area contributed by atoms with Crippen molar-refractivity contribution >= 4 is 51.5 Å². The molecule has 9 heteroatoms. The van der Waals surface area contributed by atoms with E-state index >= 15 is 0 Å². The molecule has 9 nitrogen and oxygen atoms in total. The van der Waals surface area contributed by atoms with Crippen LogP contribution >= 0.6 is 0 Å². The van der Waals surface area contributed by atoms with E-state index in [2.05, 4.69) is 0 Å². The highest BCUT2D eigenvalue weighted by Crippen LogP contribution is 2.47. The van der Waals surface area contributed by atoms with E-state index in [1.807, 2.05) is 24.3 Å². The molecule has 0 fully saturated rings. The molecule has 1 aliphatic rings. The van der Waals surface area contributed by atoms with Crippen molar-refractivity contribution in [3.8, 4) is 0 Å². The highest BCUT2D eigenvalue weighted by molar-refractivity contribution is 6.12. The summed E-state index contributed by atoms with van der Waals surface area (Å²) >= 11 is 0. The van der Waals surface area contributed by atoms with Crippen molar-refractivity contribution in [2.45, 2.75) is 18.4 Å². The zero-order chi connectivity index (χ0) is 24.1. The Morgan fingerprint density at radius 3 is 1.97 bits per heavy atom. The summed E-state index contributed by atoms with van der Waals surface area (Å²) in [5.41, 5.74) is 5.08. The maximum absolute atomic E-state index is 12.3. The van der Waals surface area contributed by atoms with Gasteiger partial charge in [0.15, 0.2) is 0 Å². The SMILES string of the molecule is NC1(C(CC(=O)O)C(=O)O)c2ccc3cccc4ccc(c2c34)=CC1C(CC(=O)O)C(=O)O. The molecule has 0 saturated carbocycles. The first-order valence-electron chi connectivity index (χ1n) is 10.2. The van der Waals surface area contributed by atoms with Crippen LogP contribution in [0.2, 0.25) is 0 Å². The van der Waals surface area contributed by atoms with Gasteiger partial charge in [-0.1, -0.05) is 48.5 Å². The van der Waals surface area contributed by atoms with Crippen LogP contribution in [0.1, 0.15) is 18.4 Å². The van der Waals surface area contributed by atoms with Crippen molar-refractivity contribution in [1.29, 1.82) is 0 Å². The molecule has 170 valence electrons. The van der Waals surface area contributed by atoms with Crippen LogP contribution in [0.3, 0.4) is 0 Å². The third kappa shape index (κ3) is 3.46. The molecule has 1 aliphatic carbocycles. The lowest BCUT2D eigenvalue weighted by Crippen LogP contribution is -2.58. The Bertz CT molecular complexity index is 1360. The topological polar surface area (TPSA) is 175 Å². The van der Waals surface area contributed by atoms with Crippen molar-refractivity contribution < 1.29 is 39.6 Å². The zero-order valence-corrected chi connectivity index (χ0v) is 17.3. The lowest BCUT2D eigenvalue weighted by Gasteiger charge is -2.45. The molecule has 4 unspecified atom stereocenters. The van der Waals surface area contributed by atoms with Crippen molar-refractivity contribution in [2.75, 3.05) is 0 Å². The molecule has 0 spiro atoms. The Labute approximate surface area is 186 Å². The summed E-state index contributed by atoms with van der Waals surface area (Å²) in [6, 6.07) is 12.5. The van der Waals surface area contributed by atoms with Gasteiger partial charge < -0.3 is 26.2 Å². The second kappa shape index (κ2) is 7.86. The van der Waals surface area contributed by atoms with Gasteiger partial charge in [0.25, 0.3) is 0 Å². The number of benzene rings is 3. The summed E-state index contributed by atoms with van der Waals surface area (Å²) in [5.74, 6) is -10.3. The van der Waals surface area contributed by atoms with E-state index < -0.39 is 60.0 Å². The molecule has 0 heterocycles. The molecule has 0 saturated heterocycles. The quantitative estimate of drug-likeness (QED) is 0.341. The Morgan fingerprint density at radius 2 is 1.42 bits per heavy atom. The van der Waals surface area contributed by atoms with Crippen molar-refractivity contribution in [3.05, 3.63) is 53.2 Å². The molecule has 3 aromatic rings. The zero-order valence-electron chi connectivity index (χ0n) is 17.3. The number of carboxylic acid groups (broad SMARTS) is 4. The van der Waals surface area contributed by atoms with Gasteiger partial charge in [-0.25, -0.2) is 0 Å². The average Bonchev–Trinajstić information content (AvgIpc) is 2.74. The largest absolute Gasteiger partial charge is 0.481 e. The highest BCUT2D eigenvalue weighted by atomic mass is 16.4. The maximum atomic E-state index is 12.3. The van der Waals surface area contributed by atoms with Gasteiger partial charge in [0.05, 0.1) is 30.2 Å². The van der Waals surface area contributed by atoms with Crippen molar-refractivity contribution in [1.82, 2.24) is 0 Å². The monoisotopic (exact) mass is 451 g/mol. The number of hydrogen-bond donors (Lipinski definition) is 5. The molecule has 3 aromatic carbocycles. The number of aliphatic carboxylic acids is 4. The summed E-state index contributed by atoms with van der Waals surface area (Å²) in [7, 11) is 0. The van der Waals surface area contributed by atoms with Crippen LogP contribution in [-0.2, 0) is 24.7 Å². The van der Waals surface area contributed by atoms with E-state index in [4.69, 9.17) is 5.73 Å². The number of carboxylic acids is 4. The minimum absolute atomic E-state index is 0.291. The molecular weight excluding hydrogens is 430 g/mol. The Hall–Kier alpha value is -3.98. The minimum atomic E-state index is -1.99. The Morgan fingerprint density at radius 1 is 0.818 bits per heavy atom.